The van der Waals surface area contributed by atoms with Gasteiger partial charge >= 0.3 is 12.1 Å². The molecule has 0 saturated carbocycles. The summed E-state index contributed by atoms with van der Waals surface area (Å²) in [6.07, 6.45) is -0.0466. The van der Waals surface area contributed by atoms with Crippen molar-refractivity contribution in [1.82, 2.24) is 10.3 Å². The summed E-state index contributed by atoms with van der Waals surface area (Å²) in [7, 11) is 0. The Morgan fingerprint density at radius 3 is 2.58 bits per heavy atom. The molecule has 6 nitrogen and oxygen atoms in total. The van der Waals surface area contributed by atoms with Crippen LogP contribution in [0, 0.1) is 0 Å². The monoisotopic (exact) mass is 286 g/mol. The summed E-state index contributed by atoms with van der Waals surface area (Å²) in [6, 6.07) is -1.19. The molecule has 1 aromatic heterocycles. The van der Waals surface area contributed by atoms with Crippen LogP contribution < -0.4 is 5.32 Å². The average Bonchev–Trinajstić information content (AvgIpc) is 2.71. The van der Waals surface area contributed by atoms with Gasteiger partial charge in [-0.2, -0.15) is 0 Å². The highest BCUT2D eigenvalue weighted by molar-refractivity contribution is 7.09. The van der Waals surface area contributed by atoms with E-state index in [1.165, 1.54) is 11.3 Å². The van der Waals surface area contributed by atoms with Crippen molar-refractivity contribution in [3.05, 3.63) is 16.1 Å². The molecule has 0 saturated heterocycles. The summed E-state index contributed by atoms with van der Waals surface area (Å²) >= 11 is 1.37. The van der Waals surface area contributed by atoms with Gasteiger partial charge in [-0.3, -0.25) is 0 Å². The van der Waals surface area contributed by atoms with Crippen molar-refractivity contribution in [2.45, 2.75) is 45.8 Å². The summed E-state index contributed by atoms with van der Waals surface area (Å²) in [5.41, 5.74) is -0.357. The van der Waals surface area contributed by atoms with Crippen LogP contribution in [-0.2, 0) is 16.0 Å². The van der Waals surface area contributed by atoms with E-state index >= 15 is 0 Å². The second-order valence-corrected chi connectivity index (χ2v) is 5.88. The molecule has 2 N–H and O–H groups in total. The first-order valence-corrected chi connectivity index (χ1v) is 6.77. The van der Waals surface area contributed by atoms with Crippen LogP contribution in [0.3, 0.4) is 0 Å². The van der Waals surface area contributed by atoms with Gasteiger partial charge in [0.05, 0.1) is 10.7 Å². The molecule has 0 fully saturated rings. The quantitative estimate of drug-likeness (QED) is 0.887. The molecule has 7 heteroatoms. The van der Waals surface area contributed by atoms with Crippen LogP contribution >= 0.6 is 11.3 Å². The number of hydrogen-bond acceptors (Lipinski definition) is 5. The van der Waals surface area contributed by atoms with Crippen LogP contribution in [0.2, 0.25) is 0 Å². The predicted octanol–water partition coefficient (Wildman–Crippen LogP) is 2.36. The zero-order valence-corrected chi connectivity index (χ0v) is 12.2. The van der Waals surface area contributed by atoms with Crippen LogP contribution in [0.4, 0.5) is 4.79 Å². The Bertz CT molecular complexity index is 465. The maximum Gasteiger partial charge on any atom is 0.408 e. The first kappa shape index (κ1) is 15.4. The number of amides is 1. The highest BCUT2D eigenvalue weighted by atomic mass is 32.1. The van der Waals surface area contributed by atoms with Gasteiger partial charge < -0.3 is 15.2 Å². The fourth-order valence-electron chi connectivity index (χ4n) is 1.31. The third kappa shape index (κ3) is 4.86. The average molecular weight is 286 g/mol. The standard InChI is InChI=1S/C12H18N2O4S/c1-5-8-13-7(6-19-8)9(10(15)16)14-11(17)18-12(2,3)4/h6,9H,5H2,1-4H3,(H,14,17)(H,15,16)/t9-/m0/s1. The molecule has 0 aromatic carbocycles. The third-order valence-electron chi connectivity index (χ3n) is 2.08. The maximum absolute atomic E-state index is 11.6. The minimum absolute atomic E-state index is 0.320. The van der Waals surface area contributed by atoms with E-state index < -0.39 is 23.7 Å². The minimum atomic E-state index is -1.19. The van der Waals surface area contributed by atoms with Crippen molar-refractivity contribution in [1.29, 1.82) is 0 Å². The lowest BCUT2D eigenvalue weighted by Gasteiger charge is -2.21. The van der Waals surface area contributed by atoms with Gasteiger partial charge in [-0.1, -0.05) is 6.92 Å². The number of carbonyl (C=O) groups is 2. The van der Waals surface area contributed by atoms with Gasteiger partial charge in [0.25, 0.3) is 0 Å². The topological polar surface area (TPSA) is 88.5 Å². The van der Waals surface area contributed by atoms with Crippen LogP contribution in [0.5, 0.6) is 0 Å². The lowest BCUT2D eigenvalue weighted by Crippen LogP contribution is -2.38. The Balaban J connectivity index is 2.79. The molecule has 0 spiro atoms. The van der Waals surface area contributed by atoms with E-state index in [1.807, 2.05) is 6.92 Å². The van der Waals surface area contributed by atoms with Gasteiger partial charge in [0, 0.05) is 5.38 Å². The highest BCUT2D eigenvalue weighted by Crippen LogP contribution is 2.18. The van der Waals surface area contributed by atoms with Crippen LogP contribution in [-0.4, -0.2) is 27.8 Å². The number of ether oxygens (including phenoxy) is 1. The van der Waals surface area contributed by atoms with Crippen LogP contribution in [0.1, 0.15) is 44.4 Å². The minimum Gasteiger partial charge on any atom is -0.479 e. The molecular formula is C12H18N2O4S. The molecule has 0 aliphatic rings. The smallest absolute Gasteiger partial charge is 0.408 e. The predicted molar refractivity (Wildman–Crippen MR) is 71.2 cm³/mol. The van der Waals surface area contributed by atoms with Crippen molar-refractivity contribution < 1.29 is 19.4 Å². The van der Waals surface area contributed by atoms with E-state index in [-0.39, 0.29) is 0 Å². The van der Waals surface area contributed by atoms with E-state index in [1.54, 1.807) is 26.2 Å². The number of carboxylic acid groups (broad SMARTS) is 1. The number of thiazole rings is 1. The third-order valence-corrected chi connectivity index (χ3v) is 3.09. The summed E-state index contributed by atoms with van der Waals surface area (Å²) in [4.78, 5) is 27.0. The molecule has 1 heterocycles. The van der Waals surface area contributed by atoms with Crippen molar-refractivity contribution in [2.24, 2.45) is 0 Å². The summed E-state index contributed by atoms with van der Waals surface area (Å²) < 4.78 is 5.04. The molecule has 106 valence electrons. The first-order valence-electron chi connectivity index (χ1n) is 5.89. The Labute approximate surface area is 115 Å². The largest absolute Gasteiger partial charge is 0.479 e. The second kappa shape index (κ2) is 6.01. The molecule has 1 aromatic rings. The van der Waals surface area contributed by atoms with Gasteiger partial charge in [0.15, 0.2) is 6.04 Å². The molecule has 0 aliphatic heterocycles. The Morgan fingerprint density at radius 1 is 1.53 bits per heavy atom. The maximum atomic E-state index is 11.6. The van der Waals surface area contributed by atoms with Crippen LogP contribution in [0.15, 0.2) is 5.38 Å². The summed E-state index contributed by atoms with van der Waals surface area (Å²) in [5, 5.41) is 13.9. The molecule has 0 radical (unpaired) electrons. The molecule has 1 amide bonds. The molecule has 1 rings (SSSR count). The second-order valence-electron chi connectivity index (χ2n) is 4.94. The first-order chi connectivity index (χ1) is 8.73. The van der Waals surface area contributed by atoms with Crippen LogP contribution in [0.25, 0.3) is 0 Å². The van der Waals surface area contributed by atoms with Gasteiger partial charge in [-0.05, 0) is 27.2 Å². The van der Waals surface area contributed by atoms with Crippen molar-refractivity contribution in [3.8, 4) is 0 Å². The number of nitrogens with one attached hydrogen (secondary N) is 1. The number of hydrogen-bond donors (Lipinski definition) is 2. The molecule has 0 aliphatic carbocycles. The number of carboxylic acids is 1. The molecule has 0 bridgehead atoms. The number of alkyl carbamates (subject to hydrolysis) is 1. The molecule has 0 unspecified atom stereocenters. The van der Waals surface area contributed by atoms with E-state index in [0.717, 1.165) is 11.4 Å². The number of carbonyl (C=O) groups excluding carboxylic acids is 1. The SMILES string of the molecule is CCc1nc([C@H](NC(=O)OC(C)(C)C)C(=O)O)cs1. The fraction of sp³-hybridized carbons (Fsp3) is 0.583. The van der Waals surface area contributed by atoms with Crippen molar-refractivity contribution >= 4 is 23.4 Å². The normalized spacial score (nSPS) is 12.8. The van der Waals surface area contributed by atoms with Gasteiger partial charge in [-0.25, -0.2) is 14.6 Å². The Morgan fingerprint density at radius 2 is 2.16 bits per heavy atom. The lowest BCUT2D eigenvalue weighted by molar-refractivity contribution is -0.139. The van der Waals surface area contributed by atoms with E-state index in [2.05, 4.69) is 10.3 Å². The molecule has 1 atom stereocenters. The highest BCUT2D eigenvalue weighted by Gasteiger charge is 2.27. The number of aromatic nitrogens is 1. The van der Waals surface area contributed by atoms with Gasteiger partial charge in [0.2, 0.25) is 0 Å². The van der Waals surface area contributed by atoms with E-state index in [4.69, 9.17) is 9.84 Å². The fourth-order valence-corrected chi connectivity index (χ4v) is 2.08. The Kier molecular flexibility index (Phi) is 4.88. The number of rotatable bonds is 4. The van der Waals surface area contributed by atoms with Crippen molar-refractivity contribution in [3.63, 3.8) is 0 Å². The molecular weight excluding hydrogens is 268 g/mol. The van der Waals surface area contributed by atoms with E-state index in [0.29, 0.717) is 5.69 Å². The number of nitrogens with zero attached hydrogens (tertiary/aromatic N) is 1. The summed E-state index contributed by atoms with van der Waals surface area (Å²) in [6.45, 7) is 7.06. The summed E-state index contributed by atoms with van der Waals surface area (Å²) in [5.74, 6) is -1.17. The zero-order chi connectivity index (χ0) is 14.6. The number of aryl methyl sites for hydroxylation is 1. The van der Waals surface area contributed by atoms with Gasteiger partial charge in [0.1, 0.15) is 5.60 Å². The zero-order valence-electron chi connectivity index (χ0n) is 11.4. The lowest BCUT2D eigenvalue weighted by atomic mass is 10.2. The molecule has 19 heavy (non-hydrogen) atoms. The number of aliphatic carboxylic acids is 1. The Hall–Kier alpha value is -1.63. The van der Waals surface area contributed by atoms with Gasteiger partial charge in [-0.15, -0.1) is 11.3 Å². The van der Waals surface area contributed by atoms with E-state index in [9.17, 15) is 9.59 Å². The van der Waals surface area contributed by atoms with Crippen molar-refractivity contribution in [2.75, 3.05) is 0 Å².